The van der Waals surface area contributed by atoms with Gasteiger partial charge in [-0.05, 0) is 96.6 Å². The van der Waals surface area contributed by atoms with Crippen molar-refractivity contribution < 1.29 is 10.0 Å². The fraction of sp³-hybridized carbons (Fsp3) is 0. The van der Waals surface area contributed by atoms with Crippen molar-refractivity contribution in [3.8, 4) is 68.0 Å². The van der Waals surface area contributed by atoms with Gasteiger partial charge in [-0.15, -0.1) is 22.7 Å². The lowest BCUT2D eigenvalue weighted by atomic mass is 9.79. The van der Waals surface area contributed by atoms with E-state index in [4.69, 9.17) is 15.0 Å². The maximum atomic E-state index is 10.7. The fourth-order valence-electron chi connectivity index (χ4n) is 16.3. The first-order valence-electron chi connectivity index (χ1n) is 35.2. The van der Waals surface area contributed by atoms with Gasteiger partial charge in [0.25, 0.3) is 0 Å². The van der Waals surface area contributed by atoms with Crippen LogP contribution in [0.5, 0.6) is 0 Å². The second-order valence-corrected chi connectivity index (χ2v) is 28.8. The summed E-state index contributed by atoms with van der Waals surface area (Å²) in [7, 11) is -1.61. The Hall–Kier alpha value is -13.1. The van der Waals surface area contributed by atoms with Crippen molar-refractivity contribution in [3.63, 3.8) is 0 Å². The van der Waals surface area contributed by atoms with Gasteiger partial charge < -0.3 is 28.3 Å². The molecule has 0 atom stereocenters. The van der Waals surface area contributed by atoms with Gasteiger partial charge in [-0.2, -0.15) is 0 Å². The molecule has 0 unspecified atom stereocenters. The molecule has 2 N–H and O–H groups in total. The fourth-order valence-corrected chi connectivity index (χ4v) is 18.9. The zero-order valence-electron chi connectivity index (χ0n) is 56.3. The highest BCUT2D eigenvalue weighted by molar-refractivity contribution is 7.27. The van der Waals surface area contributed by atoms with E-state index in [1.165, 1.54) is 91.0 Å². The molecule has 7 heterocycles. The minimum absolute atomic E-state index is 0.513. The molecular weight excluding hydrogens is 1320 g/mol. The Kier molecular flexibility index (Phi) is 14.0. The van der Waals surface area contributed by atoms with Gasteiger partial charge in [-0.25, -0.2) is 15.0 Å². The van der Waals surface area contributed by atoms with Crippen molar-refractivity contribution in [1.29, 1.82) is 0 Å². The molecule has 0 aliphatic rings. The van der Waals surface area contributed by atoms with Crippen LogP contribution in [0.15, 0.2) is 340 Å². The molecule has 0 aliphatic heterocycles. The SMILES string of the molecule is OB(O)c1cc(-n2c3ccccc3c3ccccc32)cc2c1sc1c(-n3c4ccccc4c4ccccc43)cccc12.c1ccc(-c2nc(-c3ccccc3)nc(-c3cccc(-c4cc(-n5c6ccccc6c6ccccc65)cc5c4sc4c(-n6c7ccccc7c7ccccc76)cccc45)c3)n2)cc1. The van der Waals surface area contributed by atoms with E-state index >= 15 is 0 Å². The van der Waals surface area contributed by atoms with Crippen LogP contribution >= 0.6 is 22.7 Å². The topological polar surface area (TPSA) is 98.9 Å². The van der Waals surface area contributed by atoms with Crippen molar-refractivity contribution in [2.24, 2.45) is 0 Å². The summed E-state index contributed by atoms with van der Waals surface area (Å²) in [4.78, 5) is 15.2. The number of nitrogens with zero attached hydrogens (tertiary/aromatic N) is 7. The zero-order chi connectivity index (χ0) is 69.4. The molecule has 7 aromatic heterocycles. The number of aromatic nitrogens is 7. The summed E-state index contributed by atoms with van der Waals surface area (Å²) in [6.07, 6.45) is 0. The van der Waals surface area contributed by atoms with E-state index < -0.39 is 7.12 Å². The Morgan fingerprint density at radius 2 is 0.524 bits per heavy atom. The van der Waals surface area contributed by atoms with Crippen LogP contribution in [-0.2, 0) is 0 Å². The molecule has 0 aliphatic carbocycles. The molecule has 492 valence electrons. The molecule has 0 saturated carbocycles. The van der Waals surface area contributed by atoms with E-state index in [1.54, 1.807) is 11.3 Å². The average molecular weight is 1380 g/mol. The number of benzene rings is 15. The van der Waals surface area contributed by atoms with Crippen LogP contribution in [0.4, 0.5) is 0 Å². The maximum absolute atomic E-state index is 10.7. The monoisotopic (exact) mass is 1380 g/mol. The Morgan fingerprint density at radius 1 is 0.229 bits per heavy atom. The number of hydrogen-bond donors (Lipinski definition) is 2. The minimum Gasteiger partial charge on any atom is -0.423 e. The molecule has 0 fully saturated rings. The molecule has 0 amide bonds. The lowest BCUT2D eigenvalue weighted by Crippen LogP contribution is -2.30. The van der Waals surface area contributed by atoms with Crippen LogP contribution in [0.25, 0.3) is 196 Å². The lowest BCUT2D eigenvalue weighted by Gasteiger charge is -2.13. The number of fused-ring (bicyclic) bond motifs is 18. The average Bonchev–Trinajstić information content (AvgIpc) is 1.57. The second kappa shape index (κ2) is 24.3. The number of rotatable bonds is 9. The van der Waals surface area contributed by atoms with E-state index in [1.807, 2.05) is 53.8 Å². The molecule has 0 bridgehead atoms. The minimum atomic E-state index is -1.61. The van der Waals surface area contributed by atoms with Crippen molar-refractivity contribution in [2.45, 2.75) is 0 Å². The summed E-state index contributed by atoms with van der Waals surface area (Å²) in [6, 6.07) is 120. The summed E-state index contributed by atoms with van der Waals surface area (Å²) in [5.74, 6) is 1.91. The van der Waals surface area contributed by atoms with Gasteiger partial charge in [0.1, 0.15) is 0 Å². The largest absolute Gasteiger partial charge is 0.489 e. The number of thiophene rings is 2. The van der Waals surface area contributed by atoms with Gasteiger partial charge in [0, 0.05) is 113 Å². The first kappa shape index (κ1) is 60.7. The summed E-state index contributed by atoms with van der Waals surface area (Å²) in [5, 5.41) is 35.7. The summed E-state index contributed by atoms with van der Waals surface area (Å²) in [5.41, 5.74) is 19.1. The molecule has 22 rings (SSSR count). The smallest absolute Gasteiger partial charge is 0.423 e. The van der Waals surface area contributed by atoms with Gasteiger partial charge in [0.05, 0.1) is 64.9 Å². The summed E-state index contributed by atoms with van der Waals surface area (Å²) in [6.45, 7) is 0. The van der Waals surface area contributed by atoms with Crippen molar-refractivity contribution in [2.75, 3.05) is 0 Å². The van der Waals surface area contributed by atoms with Crippen LogP contribution in [-0.4, -0.2) is 50.4 Å². The van der Waals surface area contributed by atoms with E-state index in [0.29, 0.717) is 22.9 Å². The van der Waals surface area contributed by atoms with Crippen molar-refractivity contribution >= 4 is 163 Å². The first-order chi connectivity index (χ1) is 51.9. The van der Waals surface area contributed by atoms with Crippen LogP contribution < -0.4 is 5.46 Å². The zero-order valence-corrected chi connectivity index (χ0v) is 57.9. The molecule has 12 heteroatoms. The first-order valence-corrected chi connectivity index (χ1v) is 36.8. The quantitative estimate of drug-likeness (QED) is 0.140. The van der Waals surface area contributed by atoms with Crippen LogP contribution in [0, 0.1) is 0 Å². The third-order valence-electron chi connectivity index (χ3n) is 20.9. The van der Waals surface area contributed by atoms with Crippen LogP contribution in [0.1, 0.15) is 0 Å². The highest BCUT2D eigenvalue weighted by atomic mass is 32.1. The van der Waals surface area contributed by atoms with Crippen LogP contribution in [0.2, 0.25) is 0 Å². The number of para-hydroxylation sites is 8. The predicted molar refractivity (Wildman–Crippen MR) is 441 cm³/mol. The Balaban J connectivity index is 0.000000147. The van der Waals surface area contributed by atoms with Crippen molar-refractivity contribution in [3.05, 3.63) is 340 Å². The molecule has 15 aromatic carbocycles. The van der Waals surface area contributed by atoms with E-state index in [2.05, 4.69) is 316 Å². The molecule has 0 radical (unpaired) electrons. The third kappa shape index (κ3) is 9.66. The molecular formula is C93H58BN7O2S2. The van der Waals surface area contributed by atoms with Gasteiger partial charge in [-0.3, -0.25) is 0 Å². The maximum Gasteiger partial charge on any atom is 0.489 e. The number of hydrogen-bond acceptors (Lipinski definition) is 7. The molecule has 9 nitrogen and oxygen atoms in total. The summed E-state index contributed by atoms with van der Waals surface area (Å²) >= 11 is 3.49. The predicted octanol–water partition coefficient (Wildman–Crippen LogP) is 23.0. The van der Waals surface area contributed by atoms with Crippen LogP contribution in [0.3, 0.4) is 0 Å². The second-order valence-electron chi connectivity index (χ2n) is 26.8. The normalized spacial score (nSPS) is 11.9. The third-order valence-corrected chi connectivity index (χ3v) is 23.5. The van der Waals surface area contributed by atoms with E-state index in [9.17, 15) is 10.0 Å². The van der Waals surface area contributed by atoms with Gasteiger partial charge >= 0.3 is 7.12 Å². The Morgan fingerprint density at radius 3 is 0.914 bits per heavy atom. The highest BCUT2D eigenvalue weighted by Crippen LogP contribution is 2.48. The lowest BCUT2D eigenvalue weighted by molar-refractivity contribution is 0.426. The Labute approximate surface area is 609 Å². The van der Waals surface area contributed by atoms with Gasteiger partial charge in [0.15, 0.2) is 17.5 Å². The molecule has 0 saturated heterocycles. The van der Waals surface area contributed by atoms with Gasteiger partial charge in [-0.1, -0.05) is 249 Å². The molecule has 0 spiro atoms. The summed E-state index contributed by atoms with van der Waals surface area (Å²) < 4.78 is 13.9. The molecule has 105 heavy (non-hydrogen) atoms. The van der Waals surface area contributed by atoms with Crippen molar-refractivity contribution in [1.82, 2.24) is 33.2 Å². The van der Waals surface area contributed by atoms with E-state index in [-0.39, 0.29) is 0 Å². The highest BCUT2D eigenvalue weighted by Gasteiger charge is 2.26. The molecule has 22 aromatic rings. The standard InChI is InChI=1S/C57H35N5S.C36H23BN2O2S/c1-3-17-36(18-4-1)55-58-56(37-19-5-2-6-20-37)60-57(59-55)39-22-15-21-38(33-39)46-34-40(61-48-28-11-7-23-41(48)42-24-8-12-29-49(42)61)35-47-45-27-16-32-52(54(45)63-53(46)47)62-50-30-13-9-25-43(50)44-26-10-14-31-51(44)62;40-37(41)29-21-22(38-30-15-5-1-10-23(30)24-11-2-6-16-31(24)38)20-28-27-14-9-19-34(36(27)42-35(28)29)39-32-17-7-3-12-25(32)26-13-4-8-18-33(26)39/h1-35H;1-21,40-41H. The van der Waals surface area contributed by atoms with E-state index in [0.717, 1.165) is 87.1 Å². The van der Waals surface area contributed by atoms with Gasteiger partial charge in [0.2, 0.25) is 0 Å². The Bertz CT molecular complexity index is 7020.